The highest BCUT2D eigenvalue weighted by atomic mass is 16.5. The molecule has 0 spiro atoms. The fourth-order valence-corrected chi connectivity index (χ4v) is 4.20. The number of benzene rings is 1. The first-order valence-electron chi connectivity index (χ1n) is 7.13. The highest BCUT2D eigenvalue weighted by Gasteiger charge is 2.58. The molecule has 3 unspecified atom stereocenters. The van der Waals surface area contributed by atoms with Crippen LogP contribution in [0.3, 0.4) is 0 Å². The third-order valence-corrected chi connectivity index (χ3v) is 5.26. The number of hydrogen-bond donors (Lipinski definition) is 1. The molecular formula is C16H18O3. The van der Waals surface area contributed by atoms with Crippen LogP contribution in [0.5, 0.6) is 5.75 Å². The average molecular weight is 258 g/mol. The van der Waals surface area contributed by atoms with Crippen LogP contribution in [0, 0.1) is 17.3 Å². The minimum absolute atomic E-state index is 0.254. The summed E-state index contributed by atoms with van der Waals surface area (Å²) in [5.74, 6) is 1.98. The van der Waals surface area contributed by atoms with Crippen molar-refractivity contribution in [3.05, 3.63) is 29.8 Å². The van der Waals surface area contributed by atoms with E-state index in [-0.39, 0.29) is 5.92 Å². The fraction of sp³-hybridized carbons (Fsp3) is 0.562. The number of fused-ring (bicyclic) bond motifs is 2. The second kappa shape index (κ2) is 3.75. The van der Waals surface area contributed by atoms with Gasteiger partial charge in [0.1, 0.15) is 5.75 Å². The summed E-state index contributed by atoms with van der Waals surface area (Å²) in [7, 11) is 0. The first kappa shape index (κ1) is 11.3. The Kier molecular flexibility index (Phi) is 2.23. The van der Waals surface area contributed by atoms with Gasteiger partial charge in [0.15, 0.2) is 0 Å². The summed E-state index contributed by atoms with van der Waals surface area (Å²) < 4.78 is 5.69. The predicted octanol–water partition coefficient (Wildman–Crippen LogP) is 3.05. The molecule has 3 nitrogen and oxygen atoms in total. The van der Waals surface area contributed by atoms with E-state index >= 15 is 0 Å². The van der Waals surface area contributed by atoms with Crippen LogP contribution in [-0.2, 0) is 4.79 Å². The van der Waals surface area contributed by atoms with Gasteiger partial charge in [0.05, 0.1) is 12.0 Å². The maximum Gasteiger partial charge on any atom is 0.309 e. The number of ether oxygens (including phenoxy) is 1. The van der Waals surface area contributed by atoms with Crippen molar-refractivity contribution < 1.29 is 14.6 Å². The second-order valence-corrected chi connectivity index (χ2v) is 6.50. The zero-order valence-corrected chi connectivity index (χ0v) is 10.8. The Hall–Kier alpha value is -1.51. The Balaban J connectivity index is 1.59. The van der Waals surface area contributed by atoms with Gasteiger partial charge < -0.3 is 9.84 Å². The molecule has 1 aromatic rings. The topological polar surface area (TPSA) is 46.5 Å². The molecule has 4 rings (SSSR count). The molecule has 3 atom stereocenters. The van der Waals surface area contributed by atoms with Crippen LogP contribution in [0.4, 0.5) is 0 Å². The van der Waals surface area contributed by atoms with E-state index in [1.807, 2.05) is 18.2 Å². The smallest absolute Gasteiger partial charge is 0.309 e. The molecule has 3 aliphatic rings. The van der Waals surface area contributed by atoms with E-state index in [2.05, 4.69) is 6.07 Å². The van der Waals surface area contributed by atoms with E-state index in [0.29, 0.717) is 18.4 Å². The van der Waals surface area contributed by atoms with Crippen LogP contribution >= 0.6 is 0 Å². The second-order valence-electron chi connectivity index (χ2n) is 6.50. The van der Waals surface area contributed by atoms with Gasteiger partial charge in [0.2, 0.25) is 0 Å². The Labute approximate surface area is 112 Å². The SMILES string of the molecule is O=C(O)C1(CC2COc3ccccc32)CC2CC2C1. The molecule has 0 radical (unpaired) electrons. The number of hydrogen-bond acceptors (Lipinski definition) is 2. The average Bonchev–Trinajstić information content (AvgIpc) is 2.86. The summed E-state index contributed by atoms with van der Waals surface area (Å²) in [6, 6.07) is 8.05. The number of aliphatic carboxylic acids is 1. The summed E-state index contributed by atoms with van der Waals surface area (Å²) in [6.07, 6.45) is 3.76. The molecular weight excluding hydrogens is 240 g/mol. The number of carbonyl (C=O) groups is 1. The standard InChI is InChI=1S/C16H18O3/c17-15(18)16(6-10-5-11(10)7-16)8-12-9-19-14-4-2-1-3-13(12)14/h1-4,10-12H,5-9H2,(H,17,18). The Morgan fingerprint density at radius 2 is 2.05 bits per heavy atom. The fourth-order valence-electron chi connectivity index (χ4n) is 4.20. The molecule has 2 saturated carbocycles. The Bertz CT molecular complexity index is 527. The largest absolute Gasteiger partial charge is 0.493 e. The lowest BCUT2D eigenvalue weighted by atomic mass is 9.74. The van der Waals surface area contributed by atoms with Gasteiger partial charge in [-0.3, -0.25) is 4.79 Å². The lowest BCUT2D eigenvalue weighted by Gasteiger charge is -2.28. The maximum atomic E-state index is 11.7. The van der Waals surface area contributed by atoms with Crippen LogP contribution in [-0.4, -0.2) is 17.7 Å². The van der Waals surface area contributed by atoms with E-state index in [1.54, 1.807) is 0 Å². The highest BCUT2D eigenvalue weighted by molar-refractivity contribution is 5.75. The molecule has 1 heterocycles. The van der Waals surface area contributed by atoms with Crippen LogP contribution < -0.4 is 4.74 Å². The lowest BCUT2D eigenvalue weighted by molar-refractivity contribution is -0.150. The van der Waals surface area contributed by atoms with E-state index in [0.717, 1.165) is 25.0 Å². The number of para-hydroxylation sites is 1. The zero-order chi connectivity index (χ0) is 13.0. The summed E-state index contributed by atoms with van der Waals surface area (Å²) in [5, 5.41) is 9.67. The summed E-state index contributed by atoms with van der Waals surface area (Å²) >= 11 is 0. The molecule has 0 bridgehead atoms. The molecule has 1 aromatic carbocycles. The van der Waals surface area contributed by atoms with Crippen LogP contribution in [0.25, 0.3) is 0 Å². The van der Waals surface area contributed by atoms with Gasteiger partial charge in [-0.15, -0.1) is 0 Å². The molecule has 2 fully saturated rings. The quantitative estimate of drug-likeness (QED) is 0.906. The summed E-state index contributed by atoms with van der Waals surface area (Å²) in [6.45, 7) is 0.643. The highest BCUT2D eigenvalue weighted by Crippen LogP contribution is 2.62. The van der Waals surface area contributed by atoms with Crippen LogP contribution in [0.2, 0.25) is 0 Å². The van der Waals surface area contributed by atoms with Crippen LogP contribution in [0.15, 0.2) is 24.3 Å². The third-order valence-electron chi connectivity index (χ3n) is 5.26. The van der Waals surface area contributed by atoms with E-state index in [9.17, 15) is 9.90 Å². The number of carboxylic acids is 1. The van der Waals surface area contributed by atoms with Crippen molar-refractivity contribution in [2.45, 2.75) is 31.6 Å². The van der Waals surface area contributed by atoms with Gasteiger partial charge in [-0.25, -0.2) is 0 Å². The van der Waals surface area contributed by atoms with Crippen molar-refractivity contribution in [2.24, 2.45) is 17.3 Å². The molecule has 1 N–H and O–H groups in total. The minimum Gasteiger partial charge on any atom is -0.493 e. The van der Waals surface area contributed by atoms with Crippen molar-refractivity contribution in [3.63, 3.8) is 0 Å². The van der Waals surface area contributed by atoms with Crippen molar-refractivity contribution in [1.82, 2.24) is 0 Å². The molecule has 2 aliphatic carbocycles. The first-order valence-corrected chi connectivity index (χ1v) is 7.13. The molecule has 3 heteroatoms. The molecule has 0 saturated heterocycles. The van der Waals surface area contributed by atoms with Gasteiger partial charge in [0.25, 0.3) is 0 Å². The maximum absolute atomic E-state index is 11.7. The van der Waals surface area contributed by atoms with Crippen molar-refractivity contribution in [1.29, 1.82) is 0 Å². The van der Waals surface area contributed by atoms with Crippen molar-refractivity contribution in [3.8, 4) is 5.75 Å². The third kappa shape index (κ3) is 1.67. The summed E-state index contributed by atoms with van der Waals surface area (Å²) in [4.78, 5) is 11.7. The zero-order valence-electron chi connectivity index (χ0n) is 10.8. The van der Waals surface area contributed by atoms with E-state index < -0.39 is 11.4 Å². The monoisotopic (exact) mass is 258 g/mol. The molecule has 19 heavy (non-hydrogen) atoms. The predicted molar refractivity (Wildman–Crippen MR) is 70.2 cm³/mol. The first-order chi connectivity index (χ1) is 9.18. The Morgan fingerprint density at radius 3 is 2.79 bits per heavy atom. The van der Waals surface area contributed by atoms with Gasteiger partial charge >= 0.3 is 5.97 Å². The number of carboxylic acid groups (broad SMARTS) is 1. The normalized spacial score (nSPS) is 38.4. The van der Waals surface area contributed by atoms with Gasteiger partial charge in [-0.2, -0.15) is 0 Å². The van der Waals surface area contributed by atoms with Crippen molar-refractivity contribution in [2.75, 3.05) is 6.61 Å². The van der Waals surface area contributed by atoms with E-state index in [1.165, 1.54) is 12.0 Å². The molecule has 0 amide bonds. The van der Waals surface area contributed by atoms with Crippen LogP contribution in [0.1, 0.15) is 37.2 Å². The molecule has 100 valence electrons. The molecule has 0 aromatic heterocycles. The summed E-state index contributed by atoms with van der Waals surface area (Å²) in [5.41, 5.74) is 0.711. The van der Waals surface area contributed by atoms with Gasteiger partial charge in [-0.1, -0.05) is 18.2 Å². The van der Waals surface area contributed by atoms with Gasteiger partial charge in [-0.05, 0) is 43.6 Å². The number of rotatable bonds is 3. The van der Waals surface area contributed by atoms with E-state index in [4.69, 9.17) is 4.74 Å². The minimum atomic E-state index is -0.593. The molecule has 1 aliphatic heterocycles. The Morgan fingerprint density at radius 1 is 1.32 bits per heavy atom. The van der Waals surface area contributed by atoms with Crippen molar-refractivity contribution >= 4 is 5.97 Å². The lowest BCUT2D eigenvalue weighted by Crippen LogP contribution is -2.31. The van der Waals surface area contributed by atoms with Gasteiger partial charge in [0, 0.05) is 11.5 Å².